The Morgan fingerprint density at radius 1 is 1.27 bits per heavy atom. The first-order valence-electron chi connectivity index (χ1n) is 6.10. The van der Waals surface area contributed by atoms with Gasteiger partial charge in [0, 0.05) is 19.3 Å². The molecule has 3 heteroatoms. The molecule has 1 heterocycles. The van der Waals surface area contributed by atoms with Crippen LogP contribution in [0.1, 0.15) is 46.0 Å². The largest absolute Gasteiger partial charge is 0.381 e. The van der Waals surface area contributed by atoms with Gasteiger partial charge in [0.25, 0.3) is 0 Å². The van der Waals surface area contributed by atoms with E-state index in [1.807, 2.05) is 0 Å². The van der Waals surface area contributed by atoms with Gasteiger partial charge in [0.15, 0.2) is 0 Å². The van der Waals surface area contributed by atoms with Crippen molar-refractivity contribution in [3.05, 3.63) is 0 Å². The molecule has 1 aliphatic rings. The van der Waals surface area contributed by atoms with E-state index in [9.17, 15) is 0 Å². The van der Waals surface area contributed by atoms with Crippen LogP contribution in [-0.2, 0) is 4.74 Å². The highest BCUT2D eigenvalue weighted by Crippen LogP contribution is 2.10. The van der Waals surface area contributed by atoms with Gasteiger partial charge in [-0.1, -0.05) is 20.3 Å². The fraction of sp³-hybridized carbons (Fsp3) is 1.00. The molecule has 1 unspecified atom stereocenters. The lowest BCUT2D eigenvalue weighted by Crippen LogP contribution is -2.34. The van der Waals surface area contributed by atoms with E-state index in [0.717, 1.165) is 25.2 Å². The Kier molecular flexibility index (Phi) is 9.57. The zero-order valence-corrected chi connectivity index (χ0v) is 10.9. The summed E-state index contributed by atoms with van der Waals surface area (Å²) in [7, 11) is 0. The summed E-state index contributed by atoms with van der Waals surface area (Å²) in [5, 5.41) is 3.54. The number of ether oxygens (including phenoxy) is 1. The fourth-order valence-electron chi connectivity index (χ4n) is 1.82. The molecule has 0 bridgehead atoms. The smallest absolute Gasteiger partial charge is 0.0480 e. The quantitative estimate of drug-likeness (QED) is 0.715. The van der Waals surface area contributed by atoms with Gasteiger partial charge in [0.05, 0.1) is 0 Å². The van der Waals surface area contributed by atoms with Crippen molar-refractivity contribution < 1.29 is 4.74 Å². The fourth-order valence-corrected chi connectivity index (χ4v) is 1.82. The van der Waals surface area contributed by atoms with Gasteiger partial charge >= 0.3 is 0 Å². The second-order valence-electron chi connectivity index (χ2n) is 4.73. The Labute approximate surface area is 101 Å². The van der Waals surface area contributed by atoms with Crippen molar-refractivity contribution in [2.45, 2.75) is 52.0 Å². The lowest BCUT2D eigenvalue weighted by atomic mass is 10.0. The van der Waals surface area contributed by atoms with Gasteiger partial charge < -0.3 is 10.1 Å². The number of piperidine rings is 1. The molecule has 1 aliphatic heterocycles. The van der Waals surface area contributed by atoms with E-state index in [2.05, 4.69) is 19.2 Å². The molecule has 0 aromatic rings. The summed E-state index contributed by atoms with van der Waals surface area (Å²) in [6.45, 7) is 7.56. The Hall–Kier alpha value is 0.210. The Morgan fingerprint density at radius 3 is 2.67 bits per heavy atom. The third kappa shape index (κ3) is 8.06. The monoisotopic (exact) mass is 235 g/mol. The molecular formula is C12H26ClNO. The Morgan fingerprint density at radius 2 is 2.07 bits per heavy atom. The molecule has 92 valence electrons. The second kappa shape index (κ2) is 9.44. The van der Waals surface area contributed by atoms with Gasteiger partial charge in [0.2, 0.25) is 0 Å². The zero-order chi connectivity index (χ0) is 10.2. The number of hydrogen-bond donors (Lipinski definition) is 1. The predicted octanol–water partition coefficient (Wildman–Crippen LogP) is 3.00. The Balaban J connectivity index is 0.00000196. The van der Waals surface area contributed by atoms with Crippen molar-refractivity contribution in [2.24, 2.45) is 5.92 Å². The lowest BCUT2D eigenvalue weighted by molar-refractivity contribution is 0.111. The maximum Gasteiger partial charge on any atom is 0.0480 e. The third-order valence-electron chi connectivity index (χ3n) is 2.86. The van der Waals surface area contributed by atoms with Crippen LogP contribution in [0.25, 0.3) is 0 Å². The van der Waals surface area contributed by atoms with Crippen LogP contribution in [0, 0.1) is 5.92 Å². The topological polar surface area (TPSA) is 21.3 Å². The summed E-state index contributed by atoms with van der Waals surface area (Å²) >= 11 is 0. The summed E-state index contributed by atoms with van der Waals surface area (Å²) in [5.74, 6) is 0.766. The lowest BCUT2D eigenvalue weighted by Gasteiger charge is -2.23. The minimum absolute atomic E-state index is 0. The van der Waals surface area contributed by atoms with Crippen molar-refractivity contribution in [1.29, 1.82) is 0 Å². The molecular weight excluding hydrogens is 210 g/mol. The van der Waals surface area contributed by atoms with Crippen LogP contribution in [0.15, 0.2) is 0 Å². The first-order valence-corrected chi connectivity index (χ1v) is 6.10. The van der Waals surface area contributed by atoms with Gasteiger partial charge in [-0.25, -0.2) is 0 Å². The van der Waals surface area contributed by atoms with E-state index in [1.165, 1.54) is 38.6 Å². The van der Waals surface area contributed by atoms with Crippen LogP contribution < -0.4 is 5.32 Å². The van der Waals surface area contributed by atoms with Crippen LogP contribution in [-0.4, -0.2) is 25.8 Å². The van der Waals surface area contributed by atoms with Gasteiger partial charge in [0.1, 0.15) is 0 Å². The number of rotatable bonds is 6. The zero-order valence-electron chi connectivity index (χ0n) is 10.1. The average molecular weight is 236 g/mol. The highest BCUT2D eigenvalue weighted by atomic mass is 35.5. The molecule has 0 saturated carbocycles. The summed E-state index contributed by atoms with van der Waals surface area (Å²) in [6.07, 6.45) is 6.47. The van der Waals surface area contributed by atoms with Crippen LogP contribution >= 0.6 is 12.4 Å². The first-order chi connectivity index (χ1) is 6.79. The van der Waals surface area contributed by atoms with Crippen LogP contribution in [0.3, 0.4) is 0 Å². The van der Waals surface area contributed by atoms with Crippen molar-refractivity contribution in [2.75, 3.05) is 19.8 Å². The Bertz CT molecular complexity index is 136. The molecule has 0 amide bonds. The normalized spacial score (nSPS) is 21.4. The second-order valence-corrected chi connectivity index (χ2v) is 4.73. The highest BCUT2D eigenvalue weighted by Gasteiger charge is 2.11. The molecule has 1 N–H and O–H groups in total. The summed E-state index contributed by atoms with van der Waals surface area (Å²) in [5.41, 5.74) is 0. The average Bonchev–Trinajstić information content (AvgIpc) is 2.18. The minimum atomic E-state index is 0. The molecule has 0 aliphatic carbocycles. The maximum atomic E-state index is 5.61. The van der Waals surface area contributed by atoms with Gasteiger partial charge in [-0.2, -0.15) is 0 Å². The summed E-state index contributed by atoms with van der Waals surface area (Å²) < 4.78 is 5.61. The molecule has 15 heavy (non-hydrogen) atoms. The molecule has 0 spiro atoms. The number of halogens is 1. The van der Waals surface area contributed by atoms with Crippen molar-refractivity contribution >= 4 is 12.4 Å². The molecule has 1 saturated heterocycles. The van der Waals surface area contributed by atoms with E-state index in [1.54, 1.807) is 0 Å². The van der Waals surface area contributed by atoms with E-state index in [-0.39, 0.29) is 12.4 Å². The molecule has 1 rings (SSSR count). The van der Waals surface area contributed by atoms with Crippen LogP contribution in [0.2, 0.25) is 0 Å². The summed E-state index contributed by atoms with van der Waals surface area (Å²) in [6, 6.07) is 0.725. The molecule has 1 fully saturated rings. The molecule has 1 atom stereocenters. The van der Waals surface area contributed by atoms with E-state index < -0.39 is 0 Å². The van der Waals surface area contributed by atoms with Gasteiger partial charge in [-0.3, -0.25) is 0 Å². The standard InChI is InChI=1S/C12H25NO.ClH/c1-11(2)6-9-14-10-7-12-5-3-4-8-13-12;/h11-13H,3-10H2,1-2H3;1H. The predicted molar refractivity (Wildman–Crippen MR) is 67.8 cm³/mol. The van der Waals surface area contributed by atoms with Crippen molar-refractivity contribution in [3.63, 3.8) is 0 Å². The first kappa shape index (κ1) is 15.2. The third-order valence-corrected chi connectivity index (χ3v) is 2.86. The number of nitrogens with one attached hydrogen (secondary N) is 1. The van der Waals surface area contributed by atoms with Crippen LogP contribution in [0.4, 0.5) is 0 Å². The van der Waals surface area contributed by atoms with Gasteiger partial charge in [-0.05, 0) is 38.1 Å². The molecule has 2 nitrogen and oxygen atoms in total. The minimum Gasteiger partial charge on any atom is -0.381 e. The number of hydrogen-bond acceptors (Lipinski definition) is 2. The maximum absolute atomic E-state index is 5.61. The van der Waals surface area contributed by atoms with Gasteiger partial charge in [-0.15, -0.1) is 12.4 Å². The SMILES string of the molecule is CC(C)CCOCCC1CCCCN1.Cl. The van der Waals surface area contributed by atoms with Crippen molar-refractivity contribution in [3.8, 4) is 0 Å². The van der Waals surface area contributed by atoms with Crippen LogP contribution in [0.5, 0.6) is 0 Å². The summed E-state index contributed by atoms with van der Waals surface area (Å²) in [4.78, 5) is 0. The van der Waals surface area contributed by atoms with E-state index in [4.69, 9.17) is 4.74 Å². The van der Waals surface area contributed by atoms with Crippen molar-refractivity contribution in [1.82, 2.24) is 5.32 Å². The highest BCUT2D eigenvalue weighted by molar-refractivity contribution is 5.85. The van der Waals surface area contributed by atoms with E-state index in [0.29, 0.717) is 0 Å². The molecule has 0 aromatic carbocycles. The van der Waals surface area contributed by atoms with E-state index >= 15 is 0 Å². The molecule has 0 aromatic heterocycles. The molecule has 0 radical (unpaired) electrons.